The highest BCUT2D eigenvalue weighted by Gasteiger charge is 2.28. The fourth-order valence-corrected chi connectivity index (χ4v) is 4.95. The first-order valence-corrected chi connectivity index (χ1v) is 11.2. The van der Waals surface area contributed by atoms with E-state index in [9.17, 15) is 24.0 Å². The summed E-state index contributed by atoms with van der Waals surface area (Å²) in [5.74, 6) is -1.71. The first kappa shape index (κ1) is 24.7. The van der Waals surface area contributed by atoms with Gasteiger partial charge in [-0.2, -0.15) is 0 Å². The molecular weight excluding hydrogens is 420 g/mol. The van der Waals surface area contributed by atoms with E-state index in [1.54, 1.807) is 24.3 Å². The molecule has 0 aliphatic heterocycles. The molecule has 0 bridgehead atoms. The zero-order chi connectivity index (χ0) is 22.8. The highest BCUT2D eigenvalue weighted by atomic mass is 32.2. The number of esters is 1. The van der Waals surface area contributed by atoms with Crippen LogP contribution in [0.25, 0.3) is 0 Å². The second-order valence-electron chi connectivity index (χ2n) is 7.35. The van der Waals surface area contributed by atoms with Crippen molar-refractivity contribution in [3.63, 3.8) is 0 Å². The lowest BCUT2D eigenvalue weighted by atomic mass is 9.98. The molecule has 0 saturated heterocycles. The Kier molecular flexibility index (Phi) is 9.84. The number of carbonyl (C=O) groups excluding carboxylic acids is 1. The van der Waals surface area contributed by atoms with Gasteiger partial charge in [0.1, 0.15) is 6.10 Å². The van der Waals surface area contributed by atoms with E-state index < -0.39 is 52.7 Å². The summed E-state index contributed by atoms with van der Waals surface area (Å²) in [6.45, 7) is 1.25. The third kappa shape index (κ3) is 8.61. The van der Waals surface area contributed by atoms with Crippen molar-refractivity contribution < 1.29 is 33.9 Å². The Bertz CT molecular complexity index is 857. The fourth-order valence-electron chi connectivity index (χ4n) is 3.40. The van der Waals surface area contributed by atoms with E-state index in [1.807, 2.05) is 36.4 Å². The Morgan fingerprint density at radius 3 is 2.03 bits per heavy atom. The number of ether oxygens (including phenoxy) is 1. The summed E-state index contributed by atoms with van der Waals surface area (Å²) in [6.07, 6.45) is -3.53. The number of rotatable bonds is 12. The van der Waals surface area contributed by atoms with Gasteiger partial charge in [0.15, 0.2) is 0 Å². The predicted molar refractivity (Wildman–Crippen MR) is 116 cm³/mol. The predicted octanol–water partition coefficient (Wildman–Crippen LogP) is 2.83. The summed E-state index contributed by atoms with van der Waals surface area (Å²) in [5, 5.41) is 28.4. The molecule has 8 heteroatoms. The zero-order valence-corrected chi connectivity index (χ0v) is 18.1. The summed E-state index contributed by atoms with van der Waals surface area (Å²) < 4.78 is 18.7. The normalized spacial score (nSPS) is 16.0. The maximum atomic E-state index is 13.4. The van der Waals surface area contributed by atoms with Crippen LogP contribution in [-0.2, 0) is 25.1 Å². The third-order valence-electron chi connectivity index (χ3n) is 4.70. The molecule has 0 spiro atoms. The number of aliphatic hydroxyl groups excluding tert-OH is 2. The van der Waals surface area contributed by atoms with Crippen LogP contribution in [-0.4, -0.2) is 49.8 Å². The van der Waals surface area contributed by atoms with Crippen LogP contribution in [0.15, 0.2) is 65.6 Å². The van der Waals surface area contributed by atoms with Crippen molar-refractivity contribution >= 4 is 22.7 Å². The van der Waals surface area contributed by atoms with Gasteiger partial charge in [0.2, 0.25) is 0 Å². The number of aliphatic hydroxyl groups is 2. The number of carboxylic acids is 1. The van der Waals surface area contributed by atoms with Gasteiger partial charge in [-0.25, -0.2) is 0 Å². The van der Waals surface area contributed by atoms with Crippen LogP contribution in [0.5, 0.6) is 0 Å². The van der Waals surface area contributed by atoms with Gasteiger partial charge < -0.3 is 20.1 Å². The number of benzene rings is 2. The number of carboxylic acid groups (broad SMARTS) is 1. The second-order valence-corrected chi connectivity index (χ2v) is 8.99. The van der Waals surface area contributed by atoms with Crippen LogP contribution in [0.3, 0.4) is 0 Å². The molecule has 0 heterocycles. The molecule has 0 fully saturated rings. The molecule has 2 aromatic carbocycles. The van der Waals surface area contributed by atoms with Crippen LogP contribution in [0, 0.1) is 0 Å². The first-order valence-electron chi connectivity index (χ1n) is 10.0. The number of hydrogen-bond acceptors (Lipinski definition) is 6. The topological polar surface area (TPSA) is 121 Å². The average molecular weight is 449 g/mol. The second kappa shape index (κ2) is 12.3. The van der Waals surface area contributed by atoms with Crippen molar-refractivity contribution in [2.75, 3.05) is 0 Å². The van der Waals surface area contributed by atoms with E-state index in [2.05, 4.69) is 0 Å². The maximum absolute atomic E-state index is 13.4. The fraction of sp³-hybridized carbons (Fsp3) is 0.391. The summed E-state index contributed by atoms with van der Waals surface area (Å²) in [4.78, 5) is 23.0. The van der Waals surface area contributed by atoms with Crippen LogP contribution in [0.4, 0.5) is 0 Å². The minimum Gasteiger partial charge on any atom is -0.481 e. The number of aliphatic carboxylic acids is 1. The lowest BCUT2D eigenvalue weighted by Crippen LogP contribution is -2.29. The van der Waals surface area contributed by atoms with E-state index in [-0.39, 0.29) is 19.3 Å². The van der Waals surface area contributed by atoms with Crippen molar-refractivity contribution in [3.05, 3.63) is 66.2 Å². The van der Waals surface area contributed by atoms with Gasteiger partial charge in [-0.1, -0.05) is 48.5 Å². The monoisotopic (exact) mass is 448 g/mol. The maximum Gasteiger partial charge on any atom is 0.305 e. The van der Waals surface area contributed by atoms with Gasteiger partial charge in [-0.15, -0.1) is 0 Å². The van der Waals surface area contributed by atoms with E-state index in [0.29, 0.717) is 4.90 Å². The van der Waals surface area contributed by atoms with Crippen LogP contribution in [0.1, 0.15) is 43.4 Å². The quantitative estimate of drug-likeness (QED) is 0.427. The van der Waals surface area contributed by atoms with Gasteiger partial charge in [-0.05, 0) is 24.1 Å². The first-order chi connectivity index (χ1) is 14.8. The SMILES string of the molecule is CC(=O)O[C@H](CC(c1ccccc1)S(=O)c1ccccc1)C[C@H](O)C[C@@H](O)CC(=O)O. The Morgan fingerprint density at radius 2 is 1.48 bits per heavy atom. The summed E-state index contributed by atoms with van der Waals surface area (Å²) in [6, 6.07) is 18.2. The van der Waals surface area contributed by atoms with Gasteiger partial charge in [0.25, 0.3) is 0 Å². The lowest BCUT2D eigenvalue weighted by Gasteiger charge is -2.26. The van der Waals surface area contributed by atoms with Gasteiger partial charge in [0.05, 0.1) is 34.7 Å². The highest BCUT2D eigenvalue weighted by Crippen LogP contribution is 2.32. The highest BCUT2D eigenvalue weighted by molar-refractivity contribution is 7.85. The number of carbonyl (C=O) groups is 2. The molecule has 5 atom stereocenters. The largest absolute Gasteiger partial charge is 0.481 e. The average Bonchev–Trinajstić information content (AvgIpc) is 2.71. The summed E-state index contributed by atoms with van der Waals surface area (Å²) >= 11 is 0. The Hall–Kier alpha value is -2.55. The van der Waals surface area contributed by atoms with Crippen molar-refractivity contribution in [1.82, 2.24) is 0 Å². The van der Waals surface area contributed by atoms with Crippen molar-refractivity contribution in [1.29, 1.82) is 0 Å². The Labute approximate surface area is 184 Å². The van der Waals surface area contributed by atoms with Crippen LogP contribution >= 0.6 is 0 Å². The molecule has 0 aliphatic rings. The molecule has 3 N–H and O–H groups in total. The molecular formula is C23H28O7S. The van der Waals surface area contributed by atoms with Gasteiger partial charge in [0, 0.05) is 24.7 Å². The minimum absolute atomic E-state index is 0.00835. The van der Waals surface area contributed by atoms with Crippen molar-refractivity contribution in [3.8, 4) is 0 Å². The number of hydrogen-bond donors (Lipinski definition) is 3. The summed E-state index contributed by atoms with van der Waals surface area (Å²) in [7, 11) is -1.44. The van der Waals surface area contributed by atoms with Crippen LogP contribution < -0.4 is 0 Å². The zero-order valence-electron chi connectivity index (χ0n) is 17.3. The van der Waals surface area contributed by atoms with E-state index >= 15 is 0 Å². The van der Waals surface area contributed by atoms with Crippen molar-refractivity contribution in [2.45, 2.75) is 61.1 Å². The Balaban J connectivity index is 2.21. The molecule has 168 valence electrons. The molecule has 2 rings (SSSR count). The van der Waals surface area contributed by atoms with E-state index in [1.165, 1.54) is 6.92 Å². The molecule has 0 aliphatic carbocycles. The molecule has 0 aromatic heterocycles. The van der Waals surface area contributed by atoms with E-state index in [4.69, 9.17) is 9.84 Å². The molecule has 31 heavy (non-hydrogen) atoms. The van der Waals surface area contributed by atoms with E-state index in [0.717, 1.165) is 5.56 Å². The molecule has 2 unspecified atom stereocenters. The molecule has 0 amide bonds. The molecule has 7 nitrogen and oxygen atoms in total. The van der Waals surface area contributed by atoms with Crippen LogP contribution in [0.2, 0.25) is 0 Å². The minimum atomic E-state index is -1.44. The molecule has 2 aromatic rings. The lowest BCUT2D eigenvalue weighted by molar-refractivity contribution is -0.148. The molecule has 0 radical (unpaired) electrons. The Morgan fingerprint density at radius 1 is 0.903 bits per heavy atom. The van der Waals surface area contributed by atoms with Gasteiger partial charge >= 0.3 is 11.9 Å². The standard InChI is InChI=1S/C23H28O7S/c1-16(24)30-20(13-18(25)12-19(26)14-23(27)28)15-22(17-8-4-2-5-9-17)31(29)21-10-6-3-7-11-21/h2-11,18-20,22,25-26H,12-15H2,1H3,(H,27,28)/t18-,19-,20+,22?,31?/m1/s1. The molecule has 0 saturated carbocycles. The van der Waals surface area contributed by atoms with Crippen molar-refractivity contribution in [2.24, 2.45) is 0 Å². The van der Waals surface area contributed by atoms with Gasteiger partial charge in [-0.3, -0.25) is 13.8 Å². The summed E-state index contributed by atoms with van der Waals surface area (Å²) in [5.41, 5.74) is 0.808. The smallest absolute Gasteiger partial charge is 0.305 e. The third-order valence-corrected chi connectivity index (χ3v) is 6.42.